The van der Waals surface area contributed by atoms with Gasteiger partial charge in [-0.2, -0.15) is 0 Å². The van der Waals surface area contributed by atoms with Gasteiger partial charge in [-0.25, -0.2) is 4.98 Å². The van der Waals surface area contributed by atoms with Gasteiger partial charge in [0, 0.05) is 18.0 Å². The molecule has 0 bridgehead atoms. The summed E-state index contributed by atoms with van der Waals surface area (Å²) >= 11 is 14.6. The van der Waals surface area contributed by atoms with Crippen molar-refractivity contribution < 1.29 is 4.74 Å². The molecule has 0 fully saturated rings. The number of pyridine rings is 1. The van der Waals surface area contributed by atoms with Gasteiger partial charge >= 0.3 is 0 Å². The molecule has 21 heavy (non-hydrogen) atoms. The van der Waals surface area contributed by atoms with E-state index in [9.17, 15) is 0 Å². The lowest BCUT2D eigenvalue weighted by molar-refractivity contribution is 0.191. The largest absolute Gasteiger partial charge is 0.486 e. The van der Waals surface area contributed by atoms with Crippen molar-refractivity contribution in [3.8, 4) is 0 Å². The summed E-state index contributed by atoms with van der Waals surface area (Å²) < 4.78 is 6.65. The standard InChI is InChI=1S/C14H16Cl2IN3O/c1-14(2,16)9-20-7-11(15)12(6-19-20)21-8-10-3-4-13(17)18-5-10/h3-7,19H,8-9H2,1-2H3. The molecular weight excluding hydrogens is 424 g/mol. The van der Waals surface area contributed by atoms with E-state index in [-0.39, 0.29) is 4.87 Å². The second-order valence-electron chi connectivity index (χ2n) is 5.24. The molecule has 1 aromatic heterocycles. The molecule has 1 aliphatic rings. The van der Waals surface area contributed by atoms with E-state index in [1.54, 1.807) is 18.6 Å². The van der Waals surface area contributed by atoms with Crippen LogP contribution in [0.4, 0.5) is 0 Å². The van der Waals surface area contributed by atoms with Gasteiger partial charge in [-0.05, 0) is 42.5 Å². The first-order valence-corrected chi connectivity index (χ1v) is 8.20. The summed E-state index contributed by atoms with van der Waals surface area (Å²) in [5.41, 5.74) is 4.08. The van der Waals surface area contributed by atoms with Crippen LogP contribution < -0.4 is 5.43 Å². The lowest BCUT2D eigenvalue weighted by Gasteiger charge is -2.30. The number of nitrogens with zero attached hydrogens (tertiary/aromatic N) is 2. The fourth-order valence-electron chi connectivity index (χ4n) is 1.71. The van der Waals surface area contributed by atoms with Crippen LogP contribution in [-0.2, 0) is 11.3 Å². The van der Waals surface area contributed by atoms with Gasteiger partial charge in [0.25, 0.3) is 0 Å². The number of ether oxygens (including phenoxy) is 1. The van der Waals surface area contributed by atoms with E-state index in [4.69, 9.17) is 27.9 Å². The van der Waals surface area contributed by atoms with Crippen molar-refractivity contribution in [3.05, 3.63) is 50.8 Å². The van der Waals surface area contributed by atoms with Crippen LogP contribution in [0.25, 0.3) is 0 Å². The number of allylic oxidation sites excluding steroid dienone is 1. The smallest absolute Gasteiger partial charge is 0.157 e. The quantitative estimate of drug-likeness (QED) is 0.428. The number of nitrogens with one attached hydrogen (secondary N) is 1. The Balaban J connectivity index is 1.91. The lowest BCUT2D eigenvalue weighted by Crippen LogP contribution is -2.40. The van der Waals surface area contributed by atoms with Crippen LogP contribution in [0.15, 0.2) is 41.5 Å². The monoisotopic (exact) mass is 439 g/mol. The van der Waals surface area contributed by atoms with E-state index in [0.29, 0.717) is 23.9 Å². The van der Waals surface area contributed by atoms with Crippen LogP contribution in [-0.4, -0.2) is 21.4 Å². The van der Waals surface area contributed by atoms with Gasteiger partial charge in [0.2, 0.25) is 0 Å². The summed E-state index contributed by atoms with van der Waals surface area (Å²) in [6.07, 6.45) is 5.29. The zero-order valence-electron chi connectivity index (χ0n) is 11.7. The van der Waals surface area contributed by atoms with Gasteiger partial charge in [-0.15, -0.1) is 11.6 Å². The van der Waals surface area contributed by atoms with Crippen LogP contribution in [0.3, 0.4) is 0 Å². The van der Waals surface area contributed by atoms with Crippen molar-refractivity contribution in [3.63, 3.8) is 0 Å². The fraction of sp³-hybridized carbons (Fsp3) is 0.357. The first kappa shape index (κ1) is 16.7. The highest BCUT2D eigenvalue weighted by Crippen LogP contribution is 2.23. The number of hydrogen-bond acceptors (Lipinski definition) is 4. The molecule has 7 heteroatoms. The molecule has 0 aliphatic carbocycles. The Hall–Kier alpha value is -0.660. The van der Waals surface area contributed by atoms with E-state index in [2.05, 4.69) is 33.0 Å². The second kappa shape index (κ2) is 7.07. The topological polar surface area (TPSA) is 37.4 Å². The molecule has 0 atom stereocenters. The molecule has 1 N–H and O–H groups in total. The maximum atomic E-state index is 6.22. The Morgan fingerprint density at radius 2 is 2.19 bits per heavy atom. The molecule has 0 saturated heterocycles. The molecule has 0 saturated carbocycles. The maximum Gasteiger partial charge on any atom is 0.157 e. The summed E-state index contributed by atoms with van der Waals surface area (Å²) in [7, 11) is 0. The third-order valence-corrected chi connectivity index (χ3v) is 3.64. The van der Waals surface area contributed by atoms with Gasteiger partial charge in [-0.3, -0.25) is 5.01 Å². The number of hydrogen-bond donors (Lipinski definition) is 1. The number of aromatic nitrogens is 1. The van der Waals surface area contributed by atoms with Crippen LogP contribution in [0.2, 0.25) is 0 Å². The zero-order chi connectivity index (χ0) is 15.5. The summed E-state index contributed by atoms with van der Waals surface area (Å²) in [6, 6.07) is 3.92. The predicted octanol–water partition coefficient (Wildman–Crippen LogP) is 3.96. The number of halogens is 3. The van der Waals surface area contributed by atoms with Crippen molar-refractivity contribution in [2.75, 3.05) is 6.54 Å². The third kappa shape index (κ3) is 5.56. The fourth-order valence-corrected chi connectivity index (χ4v) is 2.38. The predicted molar refractivity (Wildman–Crippen MR) is 93.5 cm³/mol. The molecule has 2 heterocycles. The van der Waals surface area contributed by atoms with Crippen molar-refractivity contribution in [1.29, 1.82) is 0 Å². The average Bonchev–Trinajstić information content (AvgIpc) is 2.38. The molecule has 0 radical (unpaired) electrons. The number of rotatable bonds is 5. The van der Waals surface area contributed by atoms with Crippen molar-refractivity contribution in [1.82, 2.24) is 15.4 Å². The lowest BCUT2D eigenvalue weighted by atomic mass is 10.2. The van der Waals surface area contributed by atoms with Crippen molar-refractivity contribution in [2.45, 2.75) is 25.3 Å². The highest BCUT2D eigenvalue weighted by Gasteiger charge is 2.20. The summed E-state index contributed by atoms with van der Waals surface area (Å²) in [5, 5.41) is 2.36. The molecular formula is C14H16Cl2IN3O. The minimum atomic E-state index is -0.347. The van der Waals surface area contributed by atoms with Crippen LogP contribution in [0.1, 0.15) is 19.4 Å². The Morgan fingerprint density at radius 1 is 1.43 bits per heavy atom. The highest BCUT2D eigenvalue weighted by molar-refractivity contribution is 14.1. The van der Waals surface area contributed by atoms with E-state index in [1.165, 1.54) is 0 Å². The first-order chi connectivity index (χ1) is 9.83. The second-order valence-corrected chi connectivity index (χ2v) is 7.77. The first-order valence-electron chi connectivity index (χ1n) is 6.36. The molecule has 2 rings (SSSR count). The third-order valence-electron chi connectivity index (χ3n) is 2.60. The molecule has 0 amide bonds. The summed E-state index contributed by atoms with van der Waals surface area (Å²) in [6.45, 7) is 4.92. The SMILES string of the molecule is CC(C)(Cl)CN1C=C(Cl)C(OCc2ccc(I)nc2)=CN1. The summed E-state index contributed by atoms with van der Waals surface area (Å²) in [4.78, 5) is 3.87. The zero-order valence-corrected chi connectivity index (χ0v) is 15.4. The van der Waals surface area contributed by atoms with Crippen molar-refractivity contribution in [2.24, 2.45) is 0 Å². The van der Waals surface area contributed by atoms with Gasteiger partial charge in [0.05, 0.1) is 17.6 Å². The molecule has 4 nitrogen and oxygen atoms in total. The average molecular weight is 440 g/mol. The van der Waals surface area contributed by atoms with Gasteiger partial charge in [-0.1, -0.05) is 17.7 Å². The summed E-state index contributed by atoms with van der Waals surface area (Å²) in [5.74, 6) is 0.596. The number of hydrazine groups is 1. The van der Waals surface area contributed by atoms with Gasteiger partial charge in [0.15, 0.2) is 5.76 Å². The molecule has 114 valence electrons. The normalized spacial score (nSPS) is 15.2. The molecule has 1 aromatic rings. The Kier molecular flexibility index (Phi) is 5.62. The van der Waals surface area contributed by atoms with Crippen molar-refractivity contribution >= 4 is 45.8 Å². The van der Waals surface area contributed by atoms with E-state index >= 15 is 0 Å². The minimum absolute atomic E-state index is 0.347. The molecule has 1 aliphatic heterocycles. The minimum Gasteiger partial charge on any atom is -0.486 e. The van der Waals surface area contributed by atoms with Gasteiger partial charge < -0.3 is 10.2 Å². The van der Waals surface area contributed by atoms with E-state index in [0.717, 1.165) is 9.26 Å². The van der Waals surface area contributed by atoms with Gasteiger partial charge in [0.1, 0.15) is 15.3 Å². The Morgan fingerprint density at radius 3 is 2.76 bits per heavy atom. The molecule has 0 unspecified atom stereocenters. The van der Waals surface area contributed by atoms with Crippen LogP contribution >= 0.6 is 45.8 Å². The molecule has 0 spiro atoms. The van der Waals surface area contributed by atoms with E-state index in [1.807, 2.05) is 31.0 Å². The van der Waals surface area contributed by atoms with Crippen LogP contribution in [0, 0.1) is 3.70 Å². The van der Waals surface area contributed by atoms with Crippen LogP contribution in [0.5, 0.6) is 0 Å². The Bertz CT molecular complexity index is 552. The molecule has 0 aromatic carbocycles. The van der Waals surface area contributed by atoms with E-state index < -0.39 is 0 Å². The number of alkyl halides is 1. The highest BCUT2D eigenvalue weighted by atomic mass is 127. The Labute approximate surface area is 148 Å². The maximum absolute atomic E-state index is 6.22.